The van der Waals surface area contributed by atoms with Crippen molar-refractivity contribution in [3.63, 3.8) is 0 Å². The van der Waals surface area contributed by atoms with E-state index in [1.54, 1.807) is 117 Å². The summed E-state index contributed by atoms with van der Waals surface area (Å²) in [4.78, 5) is 70.7. The van der Waals surface area contributed by atoms with E-state index in [4.69, 9.17) is 37.9 Å². The minimum atomic E-state index is -1.40. The van der Waals surface area contributed by atoms with Gasteiger partial charge in [0.05, 0.1) is 43.6 Å². The first-order valence-corrected chi connectivity index (χ1v) is 28.2. The molecule has 1 fully saturated rings. The standard InChI is InChI=1S/C66H77N3O14/c1-47(70)67-59-61(83-64(75)50-28-16-10-17-29-50)60(82-63(74)49-26-14-9-15-27-49)57(46-79-62(73)48-24-12-8-13-25-48)81-65(59)78-43-23-20-32-58(72)69(3)42-22-7-6-21-41-68(2)44-54(71)45-80-66(51-30-18-11-19-31-51,52-33-37-55(76-4)38-34-52)53-35-39-56(77-5)40-36-53/h8-19,24-31,33-40,54,57,59-61,65,71H,6-7,20-23,32,41-46H2,1-5H3,(H,67,70)/t54-,57?,59?,60?,61?,65?/m0/s1. The highest BCUT2D eigenvalue weighted by molar-refractivity contribution is 5.91. The summed E-state index contributed by atoms with van der Waals surface area (Å²) in [6.07, 6.45) is -1.32. The Labute approximate surface area is 486 Å². The van der Waals surface area contributed by atoms with Gasteiger partial charge in [0.2, 0.25) is 11.8 Å². The summed E-state index contributed by atoms with van der Waals surface area (Å²) in [6.45, 7) is 2.76. The number of unbranched alkanes of at least 4 members (excludes halogenated alkanes) is 4. The summed E-state index contributed by atoms with van der Waals surface area (Å²) in [7, 11) is 7.05. The maximum absolute atomic E-state index is 13.8. The number of nitrogens with one attached hydrogen (secondary N) is 1. The first kappa shape index (κ1) is 62.7. The Morgan fingerprint density at radius 2 is 1.07 bits per heavy atom. The van der Waals surface area contributed by atoms with Crippen LogP contribution in [0.4, 0.5) is 0 Å². The number of benzene rings is 6. The molecule has 0 radical (unpaired) electrons. The second-order valence-electron chi connectivity index (χ2n) is 20.5. The second-order valence-corrected chi connectivity index (χ2v) is 20.5. The van der Waals surface area contributed by atoms with Gasteiger partial charge in [0, 0.05) is 40.1 Å². The van der Waals surface area contributed by atoms with Crippen LogP contribution in [0.1, 0.15) is 99.6 Å². The zero-order valence-electron chi connectivity index (χ0n) is 48.0. The smallest absolute Gasteiger partial charge is 0.338 e. The third kappa shape index (κ3) is 18.0. The van der Waals surface area contributed by atoms with E-state index >= 15 is 0 Å². The summed E-state index contributed by atoms with van der Waals surface area (Å²) in [6, 6.07) is 49.1. The molecule has 1 aliphatic heterocycles. The zero-order chi connectivity index (χ0) is 59.0. The van der Waals surface area contributed by atoms with Crippen molar-refractivity contribution in [2.45, 2.75) is 94.2 Å². The molecular formula is C66H77N3O14. The highest BCUT2D eigenvalue weighted by Gasteiger charge is 2.52. The summed E-state index contributed by atoms with van der Waals surface area (Å²) in [5, 5.41) is 14.2. The van der Waals surface area contributed by atoms with Gasteiger partial charge in [0.15, 0.2) is 18.5 Å². The average molecular weight is 1140 g/mol. The molecular weight excluding hydrogens is 1060 g/mol. The number of methoxy groups -OCH3 is 2. The number of esters is 3. The molecule has 2 N–H and O–H groups in total. The zero-order valence-corrected chi connectivity index (χ0v) is 48.0. The van der Waals surface area contributed by atoms with Crippen LogP contribution in [-0.2, 0) is 43.6 Å². The summed E-state index contributed by atoms with van der Waals surface area (Å²) in [5.41, 5.74) is 2.32. The first-order valence-electron chi connectivity index (χ1n) is 28.2. The quantitative estimate of drug-likeness (QED) is 0.0181. The van der Waals surface area contributed by atoms with Crippen LogP contribution in [0.15, 0.2) is 170 Å². The maximum atomic E-state index is 13.8. The average Bonchev–Trinajstić information content (AvgIpc) is 3.67. The van der Waals surface area contributed by atoms with Crippen LogP contribution in [0.3, 0.4) is 0 Å². The number of nitrogens with zero attached hydrogens (tertiary/aromatic N) is 2. The van der Waals surface area contributed by atoms with Gasteiger partial charge >= 0.3 is 17.9 Å². The van der Waals surface area contributed by atoms with Crippen LogP contribution in [0.2, 0.25) is 0 Å². The van der Waals surface area contributed by atoms with Gasteiger partial charge in [-0.3, -0.25) is 9.59 Å². The number of hydrogen-bond donors (Lipinski definition) is 2. The van der Waals surface area contributed by atoms with Gasteiger partial charge in [-0.2, -0.15) is 0 Å². The third-order valence-corrected chi connectivity index (χ3v) is 14.4. The number of hydrogen-bond acceptors (Lipinski definition) is 15. The molecule has 0 aliphatic carbocycles. The maximum Gasteiger partial charge on any atom is 0.338 e. The summed E-state index contributed by atoms with van der Waals surface area (Å²) < 4.78 is 48.4. The Morgan fingerprint density at radius 3 is 1.59 bits per heavy atom. The second kappa shape index (κ2) is 32.1. The molecule has 5 unspecified atom stereocenters. The van der Waals surface area contributed by atoms with Crippen molar-refractivity contribution in [1.29, 1.82) is 0 Å². The van der Waals surface area contributed by atoms with E-state index in [-0.39, 0.29) is 42.2 Å². The van der Waals surface area contributed by atoms with E-state index in [2.05, 4.69) is 10.2 Å². The van der Waals surface area contributed by atoms with Crippen molar-refractivity contribution < 1.29 is 67.0 Å². The fourth-order valence-electron chi connectivity index (χ4n) is 9.97. The molecule has 0 aromatic heterocycles. The predicted octanol–water partition coefficient (Wildman–Crippen LogP) is 9.05. The molecule has 6 aromatic rings. The molecule has 0 bridgehead atoms. The van der Waals surface area contributed by atoms with Crippen LogP contribution in [0.5, 0.6) is 11.5 Å². The van der Waals surface area contributed by atoms with Crippen molar-refractivity contribution in [3.8, 4) is 11.5 Å². The molecule has 0 spiro atoms. The minimum Gasteiger partial charge on any atom is -0.497 e. The monoisotopic (exact) mass is 1140 g/mol. The molecule has 6 aromatic carbocycles. The van der Waals surface area contributed by atoms with Gasteiger partial charge in [0.1, 0.15) is 35.9 Å². The van der Waals surface area contributed by atoms with Crippen LogP contribution >= 0.6 is 0 Å². The molecule has 17 nitrogen and oxygen atoms in total. The Balaban J connectivity index is 0.885. The number of amides is 2. The largest absolute Gasteiger partial charge is 0.497 e. The Kier molecular flexibility index (Phi) is 24.2. The lowest BCUT2D eigenvalue weighted by atomic mass is 9.80. The normalized spacial score (nSPS) is 17.2. The van der Waals surface area contributed by atoms with Gasteiger partial charge in [-0.15, -0.1) is 0 Å². The number of likely N-dealkylation sites (N-methyl/N-ethyl adjacent to an activating group) is 1. The van der Waals surface area contributed by atoms with Crippen molar-refractivity contribution in [1.82, 2.24) is 15.1 Å². The number of aliphatic hydroxyl groups is 1. The Hall–Kier alpha value is -7.93. The van der Waals surface area contributed by atoms with E-state index in [1.807, 2.05) is 85.9 Å². The number of ether oxygens (including phenoxy) is 8. The highest BCUT2D eigenvalue weighted by Crippen LogP contribution is 2.42. The SMILES string of the molecule is COc1ccc(C(OC[C@@H](O)CN(C)CCCCCCN(C)C(=O)CCCCOC2OC(COC(=O)c3ccccc3)C(OC(=O)c3ccccc3)C(OC(=O)c3ccccc3)C2NC(C)=O)(c2ccccc2)c2ccc(OC)cc2)cc1. The van der Waals surface area contributed by atoms with E-state index < -0.39 is 72.8 Å². The van der Waals surface area contributed by atoms with E-state index in [9.17, 15) is 29.1 Å². The van der Waals surface area contributed by atoms with E-state index in [0.717, 1.165) is 60.4 Å². The lowest BCUT2D eigenvalue weighted by molar-refractivity contribution is -0.269. The van der Waals surface area contributed by atoms with E-state index in [1.165, 1.54) is 6.92 Å². The molecule has 2 amide bonds. The Morgan fingerprint density at radius 1 is 0.590 bits per heavy atom. The fourth-order valence-corrected chi connectivity index (χ4v) is 9.97. The van der Waals surface area contributed by atoms with Gasteiger partial charge in [-0.25, -0.2) is 14.4 Å². The number of carbonyl (C=O) groups is 5. The fraction of sp³-hybridized carbons (Fsp3) is 0.379. The molecule has 83 heavy (non-hydrogen) atoms. The summed E-state index contributed by atoms with van der Waals surface area (Å²) >= 11 is 0. The lowest BCUT2D eigenvalue weighted by Gasteiger charge is -2.45. The van der Waals surface area contributed by atoms with Gasteiger partial charge in [-0.05, 0) is 117 Å². The molecule has 1 aliphatic rings. The number of aliphatic hydroxyl groups excluding tert-OH is 1. The van der Waals surface area contributed by atoms with Crippen molar-refractivity contribution >= 4 is 29.7 Å². The van der Waals surface area contributed by atoms with Crippen LogP contribution in [0.25, 0.3) is 0 Å². The number of rotatable bonds is 31. The first-order chi connectivity index (χ1) is 40.3. The van der Waals surface area contributed by atoms with Crippen molar-refractivity contribution in [3.05, 3.63) is 203 Å². The third-order valence-electron chi connectivity index (χ3n) is 14.4. The highest BCUT2D eigenvalue weighted by atomic mass is 16.7. The topological polar surface area (TPSA) is 198 Å². The van der Waals surface area contributed by atoms with Gasteiger partial charge < -0.3 is 58.1 Å². The van der Waals surface area contributed by atoms with Crippen molar-refractivity contribution in [2.24, 2.45) is 0 Å². The lowest BCUT2D eigenvalue weighted by Crippen LogP contribution is -2.66. The van der Waals surface area contributed by atoms with Crippen LogP contribution < -0.4 is 14.8 Å². The predicted molar refractivity (Wildman–Crippen MR) is 312 cm³/mol. The van der Waals surface area contributed by atoms with Crippen LogP contribution in [0, 0.1) is 0 Å². The Bertz CT molecular complexity index is 2890. The molecule has 0 saturated carbocycles. The van der Waals surface area contributed by atoms with Gasteiger partial charge in [-0.1, -0.05) is 122 Å². The van der Waals surface area contributed by atoms with Gasteiger partial charge in [0.25, 0.3) is 0 Å². The molecule has 1 heterocycles. The van der Waals surface area contributed by atoms with E-state index in [0.29, 0.717) is 25.9 Å². The summed E-state index contributed by atoms with van der Waals surface area (Å²) in [5.74, 6) is -1.29. The molecule has 7 rings (SSSR count). The number of carbonyl (C=O) groups excluding carboxylic acids is 5. The van der Waals surface area contributed by atoms with Crippen LogP contribution in [-0.4, -0.2) is 149 Å². The molecule has 17 heteroatoms. The van der Waals surface area contributed by atoms with Crippen molar-refractivity contribution in [2.75, 3.05) is 67.8 Å². The molecule has 6 atom stereocenters. The molecule has 440 valence electrons. The molecule has 1 saturated heterocycles. The minimum absolute atomic E-state index is 0.0162.